The van der Waals surface area contributed by atoms with Crippen LogP contribution in [0, 0.1) is 0 Å². The summed E-state index contributed by atoms with van der Waals surface area (Å²) in [5.41, 5.74) is 1.82. The van der Waals surface area contributed by atoms with E-state index in [4.69, 9.17) is 16.3 Å². The molecular formula is C20H21ClN2O2. The summed E-state index contributed by atoms with van der Waals surface area (Å²) in [6.45, 7) is 1.44. The minimum atomic E-state index is -0.532. The van der Waals surface area contributed by atoms with Crippen LogP contribution >= 0.6 is 11.6 Å². The van der Waals surface area contributed by atoms with Gasteiger partial charge in [-0.3, -0.25) is 9.69 Å². The molecule has 2 fully saturated rings. The topological polar surface area (TPSA) is 41.6 Å². The van der Waals surface area contributed by atoms with Crippen molar-refractivity contribution in [1.29, 1.82) is 0 Å². The van der Waals surface area contributed by atoms with Gasteiger partial charge in [0.25, 0.3) is 5.91 Å². The van der Waals surface area contributed by atoms with Crippen molar-refractivity contribution in [2.24, 2.45) is 0 Å². The van der Waals surface area contributed by atoms with E-state index in [-0.39, 0.29) is 11.9 Å². The van der Waals surface area contributed by atoms with Gasteiger partial charge in [-0.15, -0.1) is 0 Å². The first-order valence-electron chi connectivity index (χ1n) is 8.71. The van der Waals surface area contributed by atoms with Gasteiger partial charge in [-0.05, 0) is 36.6 Å². The Hall–Kier alpha value is -1.88. The molecule has 0 spiro atoms. The Kier molecular flexibility index (Phi) is 4.75. The Morgan fingerprint density at radius 2 is 1.92 bits per heavy atom. The molecule has 4 nitrogen and oxygen atoms in total. The summed E-state index contributed by atoms with van der Waals surface area (Å²) >= 11 is 6.02. The van der Waals surface area contributed by atoms with Gasteiger partial charge in [-0.2, -0.15) is 0 Å². The van der Waals surface area contributed by atoms with Crippen molar-refractivity contribution in [3.05, 3.63) is 65.2 Å². The fourth-order valence-corrected chi connectivity index (χ4v) is 3.71. The molecule has 1 saturated carbocycles. The minimum Gasteiger partial charge on any atom is -0.365 e. The summed E-state index contributed by atoms with van der Waals surface area (Å²) in [6.07, 6.45) is 1.87. The van der Waals surface area contributed by atoms with Crippen molar-refractivity contribution in [3.8, 4) is 0 Å². The molecule has 2 atom stereocenters. The van der Waals surface area contributed by atoms with Gasteiger partial charge in [0.1, 0.15) is 0 Å². The number of ether oxygens (including phenoxy) is 1. The molecule has 2 aromatic carbocycles. The maximum Gasteiger partial charge on any atom is 0.255 e. The first-order chi connectivity index (χ1) is 12.2. The molecule has 1 heterocycles. The van der Waals surface area contributed by atoms with Gasteiger partial charge in [-0.1, -0.05) is 48.0 Å². The maximum absolute atomic E-state index is 12.9. The number of rotatable bonds is 4. The zero-order valence-corrected chi connectivity index (χ0v) is 14.7. The first kappa shape index (κ1) is 16.6. The average Bonchev–Trinajstić information content (AvgIpc) is 3.47. The highest BCUT2D eigenvalue weighted by atomic mass is 35.5. The summed E-state index contributed by atoms with van der Waals surface area (Å²) in [5, 5.41) is 3.56. The largest absolute Gasteiger partial charge is 0.365 e. The van der Waals surface area contributed by atoms with Crippen molar-refractivity contribution >= 4 is 23.2 Å². The van der Waals surface area contributed by atoms with Gasteiger partial charge in [0.15, 0.2) is 6.10 Å². The number of anilines is 1. The molecule has 0 bridgehead atoms. The van der Waals surface area contributed by atoms with Crippen LogP contribution in [-0.2, 0) is 9.53 Å². The van der Waals surface area contributed by atoms with Crippen molar-refractivity contribution in [1.82, 2.24) is 4.90 Å². The van der Waals surface area contributed by atoms with Crippen LogP contribution in [0.5, 0.6) is 0 Å². The van der Waals surface area contributed by atoms with E-state index in [0.29, 0.717) is 23.4 Å². The Morgan fingerprint density at radius 3 is 2.64 bits per heavy atom. The first-order valence-corrected chi connectivity index (χ1v) is 9.09. The lowest BCUT2D eigenvalue weighted by molar-refractivity contribution is -0.141. The van der Waals surface area contributed by atoms with Gasteiger partial charge in [0.05, 0.1) is 12.6 Å². The van der Waals surface area contributed by atoms with E-state index in [9.17, 15) is 4.79 Å². The standard InChI is InChI=1S/C20H21ClN2O2/c21-15-7-4-8-16(13-15)22-20(24)19-18(14-5-2-1-3-6-14)23(11-12-25-19)17-9-10-17/h1-8,13,17-19H,9-12H2,(H,22,24)/t18-,19+/m0/s1. The second kappa shape index (κ2) is 7.16. The van der Waals surface area contributed by atoms with Crippen LogP contribution in [-0.4, -0.2) is 36.1 Å². The molecule has 1 aliphatic heterocycles. The quantitative estimate of drug-likeness (QED) is 0.903. The molecule has 1 aliphatic carbocycles. The lowest BCUT2D eigenvalue weighted by atomic mass is 9.97. The highest BCUT2D eigenvalue weighted by Gasteiger charge is 2.44. The number of halogens is 1. The molecule has 1 N–H and O–H groups in total. The molecule has 0 radical (unpaired) electrons. The number of hydrogen-bond donors (Lipinski definition) is 1. The molecule has 2 aliphatic rings. The van der Waals surface area contributed by atoms with Crippen LogP contribution in [0.25, 0.3) is 0 Å². The van der Waals surface area contributed by atoms with Crippen LogP contribution < -0.4 is 5.32 Å². The summed E-state index contributed by atoms with van der Waals surface area (Å²) < 4.78 is 5.93. The van der Waals surface area contributed by atoms with Crippen LogP contribution in [0.1, 0.15) is 24.4 Å². The second-order valence-electron chi connectivity index (χ2n) is 6.62. The highest BCUT2D eigenvalue weighted by Crippen LogP contribution is 2.39. The van der Waals surface area contributed by atoms with Gasteiger partial charge in [0.2, 0.25) is 0 Å². The number of amides is 1. The van der Waals surface area contributed by atoms with E-state index < -0.39 is 6.10 Å². The predicted octanol–water partition coefficient (Wildman–Crippen LogP) is 3.88. The van der Waals surface area contributed by atoms with Gasteiger partial charge in [0, 0.05) is 23.3 Å². The third kappa shape index (κ3) is 3.71. The van der Waals surface area contributed by atoms with E-state index in [2.05, 4.69) is 22.3 Å². The zero-order chi connectivity index (χ0) is 17.2. The number of morpholine rings is 1. The molecule has 2 aromatic rings. The zero-order valence-electron chi connectivity index (χ0n) is 13.9. The van der Waals surface area contributed by atoms with E-state index in [1.165, 1.54) is 12.8 Å². The number of benzene rings is 2. The number of hydrogen-bond acceptors (Lipinski definition) is 3. The number of nitrogens with zero attached hydrogens (tertiary/aromatic N) is 1. The number of nitrogens with one attached hydrogen (secondary N) is 1. The van der Waals surface area contributed by atoms with Gasteiger partial charge < -0.3 is 10.1 Å². The molecule has 1 amide bonds. The van der Waals surface area contributed by atoms with Crippen LogP contribution in [0.2, 0.25) is 5.02 Å². The summed E-state index contributed by atoms with van der Waals surface area (Å²) in [7, 11) is 0. The van der Waals surface area contributed by atoms with Crippen molar-refractivity contribution in [3.63, 3.8) is 0 Å². The minimum absolute atomic E-state index is 0.0540. The molecule has 0 unspecified atom stereocenters. The number of carbonyl (C=O) groups is 1. The Morgan fingerprint density at radius 1 is 1.12 bits per heavy atom. The SMILES string of the molecule is O=C(Nc1cccc(Cl)c1)[C@@H]1OCCN(C2CC2)[C@H]1c1ccccc1. The summed E-state index contributed by atoms with van der Waals surface area (Å²) in [5.74, 6) is -0.124. The maximum atomic E-state index is 12.9. The van der Waals surface area contributed by atoms with Crippen LogP contribution in [0.15, 0.2) is 54.6 Å². The third-order valence-electron chi connectivity index (χ3n) is 4.80. The molecule has 130 valence electrons. The van der Waals surface area contributed by atoms with Gasteiger partial charge in [-0.25, -0.2) is 0 Å². The Bertz CT molecular complexity index is 748. The lowest BCUT2D eigenvalue weighted by Crippen LogP contribution is -2.51. The van der Waals surface area contributed by atoms with E-state index in [1.54, 1.807) is 12.1 Å². The van der Waals surface area contributed by atoms with Crippen molar-refractivity contribution in [2.45, 2.75) is 31.0 Å². The van der Waals surface area contributed by atoms with Crippen molar-refractivity contribution < 1.29 is 9.53 Å². The fourth-order valence-electron chi connectivity index (χ4n) is 3.52. The molecule has 1 saturated heterocycles. The van der Waals surface area contributed by atoms with E-state index in [0.717, 1.165) is 12.1 Å². The average molecular weight is 357 g/mol. The molecule has 0 aromatic heterocycles. The number of carbonyl (C=O) groups excluding carboxylic acids is 1. The Labute approximate surface area is 152 Å². The fraction of sp³-hybridized carbons (Fsp3) is 0.350. The summed E-state index contributed by atoms with van der Waals surface area (Å²) in [6, 6.07) is 17.9. The predicted molar refractivity (Wildman–Crippen MR) is 98.7 cm³/mol. The lowest BCUT2D eigenvalue weighted by Gasteiger charge is -2.41. The van der Waals surface area contributed by atoms with E-state index >= 15 is 0 Å². The summed E-state index contributed by atoms with van der Waals surface area (Å²) in [4.78, 5) is 15.4. The monoisotopic (exact) mass is 356 g/mol. The third-order valence-corrected chi connectivity index (χ3v) is 5.03. The molecule has 4 rings (SSSR count). The highest BCUT2D eigenvalue weighted by molar-refractivity contribution is 6.30. The van der Waals surface area contributed by atoms with Crippen molar-refractivity contribution in [2.75, 3.05) is 18.5 Å². The molecule has 25 heavy (non-hydrogen) atoms. The smallest absolute Gasteiger partial charge is 0.255 e. The van der Waals surface area contributed by atoms with Crippen LogP contribution in [0.4, 0.5) is 5.69 Å². The van der Waals surface area contributed by atoms with Gasteiger partial charge >= 0.3 is 0 Å². The molecular weight excluding hydrogens is 336 g/mol. The van der Waals surface area contributed by atoms with E-state index in [1.807, 2.05) is 30.3 Å². The van der Waals surface area contributed by atoms with Crippen LogP contribution in [0.3, 0.4) is 0 Å². The Balaban J connectivity index is 1.60. The second-order valence-corrected chi connectivity index (χ2v) is 7.05. The normalized spacial score (nSPS) is 24.0. The molecule has 5 heteroatoms.